The second-order valence-corrected chi connectivity index (χ2v) is 9.35. The van der Waals surface area contributed by atoms with Crippen molar-refractivity contribution in [3.8, 4) is 0 Å². The molecule has 0 bridgehead atoms. The molecule has 3 rings (SSSR count). The molecule has 19 heavy (non-hydrogen) atoms. The van der Waals surface area contributed by atoms with E-state index in [-0.39, 0.29) is 16.8 Å². The zero-order chi connectivity index (χ0) is 13.8. The lowest BCUT2D eigenvalue weighted by atomic mass is 9.98. The van der Waals surface area contributed by atoms with Crippen LogP contribution in [0.3, 0.4) is 0 Å². The van der Waals surface area contributed by atoms with Crippen LogP contribution in [0.15, 0.2) is 24.3 Å². The quantitative estimate of drug-likeness (QED) is 0.744. The number of thioether (sulfide) groups is 1. The summed E-state index contributed by atoms with van der Waals surface area (Å²) in [7, 11) is -2.96. The lowest BCUT2D eigenvalue weighted by molar-refractivity contribution is 0.550. The number of benzene rings is 1. The highest BCUT2D eigenvalue weighted by Crippen LogP contribution is 2.48. The molecule has 0 aromatic heterocycles. The average Bonchev–Trinajstić information content (AvgIpc) is 2.64. The van der Waals surface area contributed by atoms with Crippen LogP contribution in [0.25, 0.3) is 0 Å². The highest BCUT2D eigenvalue weighted by Gasteiger charge is 2.57. The summed E-state index contributed by atoms with van der Waals surface area (Å²) in [4.78, 5) is 2.05. The molecule has 2 aliphatic heterocycles. The number of anilines is 1. The van der Waals surface area contributed by atoms with Gasteiger partial charge in [0.15, 0.2) is 9.84 Å². The summed E-state index contributed by atoms with van der Waals surface area (Å²) in [6.45, 7) is 4.05. The molecule has 2 aliphatic rings. The van der Waals surface area contributed by atoms with E-state index in [1.165, 1.54) is 11.8 Å². The Morgan fingerprint density at radius 1 is 1.42 bits per heavy atom. The number of sulfone groups is 1. The van der Waals surface area contributed by atoms with Crippen molar-refractivity contribution < 1.29 is 8.42 Å². The average molecular weight is 313 g/mol. The molecular weight excluding hydrogens is 298 g/mol. The fraction of sp³-hybridized carbons (Fsp3) is 0.462. The molecule has 0 radical (unpaired) electrons. The van der Waals surface area contributed by atoms with Gasteiger partial charge in [0, 0.05) is 5.69 Å². The molecule has 2 fully saturated rings. The SMILES string of the molecule is Cc1ccccc1N1C(=S)SC2CS(=O)(=O)CC21C. The van der Waals surface area contributed by atoms with Gasteiger partial charge >= 0.3 is 0 Å². The van der Waals surface area contributed by atoms with Crippen molar-refractivity contribution in [3.63, 3.8) is 0 Å². The Morgan fingerprint density at radius 3 is 2.79 bits per heavy atom. The molecule has 2 saturated heterocycles. The maximum atomic E-state index is 11.9. The topological polar surface area (TPSA) is 37.4 Å². The number of para-hydroxylation sites is 1. The number of rotatable bonds is 1. The number of hydrogen-bond acceptors (Lipinski definition) is 4. The Morgan fingerprint density at radius 2 is 2.11 bits per heavy atom. The second kappa shape index (κ2) is 4.20. The molecular formula is C13H15NO2S3. The van der Waals surface area contributed by atoms with Gasteiger partial charge in [0.2, 0.25) is 0 Å². The molecule has 3 nitrogen and oxygen atoms in total. The molecule has 2 atom stereocenters. The first-order chi connectivity index (χ1) is 8.83. The molecule has 102 valence electrons. The third-order valence-electron chi connectivity index (χ3n) is 3.90. The van der Waals surface area contributed by atoms with Gasteiger partial charge in [-0.15, -0.1) is 0 Å². The largest absolute Gasteiger partial charge is 0.319 e. The van der Waals surface area contributed by atoms with Gasteiger partial charge in [-0.25, -0.2) is 8.42 Å². The summed E-state index contributed by atoms with van der Waals surface area (Å²) in [5, 5.41) is 0.0459. The number of thiocarbonyl (C=S) groups is 1. The summed E-state index contributed by atoms with van der Waals surface area (Å²) < 4.78 is 24.7. The highest BCUT2D eigenvalue weighted by atomic mass is 32.2. The van der Waals surface area contributed by atoms with Gasteiger partial charge in [-0.2, -0.15) is 0 Å². The van der Waals surface area contributed by atoms with E-state index in [9.17, 15) is 8.42 Å². The Bertz CT molecular complexity index is 656. The van der Waals surface area contributed by atoms with E-state index >= 15 is 0 Å². The zero-order valence-corrected chi connectivity index (χ0v) is 13.2. The first kappa shape index (κ1) is 13.4. The number of hydrogen-bond donors (Lipinski definition) is 0. The standard InChI is InChI=1S/C13H15NO2S3/c1-9-5-3-4-6-10(9)14-12(17)18-11-7-19(15,16)8-13(11,14)2/h3-6,11H,7-8H2,1-2H3. The van der Waals surface area contributed by atoms with Crippen LogP contribution < -0.4 is 4.90 Å². The molecule has 0 amide bonds. The number of aryl methyl sites for hydroxylation is 1. The molecule has 1 aromatic carbocycles. The van der Waals surface area contributed by atoms with Crippen LogP contribution >= 0.6 is 24.0 Å². The maximum absolute atomic E-state index is 11.9. The van der Waals surface area contributed by atoms with Gasteiger partial charge in [-0.1, -0.05) is 42.2 Å². The van der Waals surface area contributed by atoms with Gasteiger partial charge in [0.05, 0.1) is 22.3 Å². The first-order valence-corrected chi connectivity index (χ1v) is 9.21. The minimum absolute atomic E-state index is 0.0459. The van der Waals surface area contributed by atoms with Crippen LogP contribution in [-0.4, -0.2) is 35.0 Å². The van der Waals surface area contributed by atoms with Crippen LogP contribution in [0.4, 0.5) is 5.69 Å². The smallest absolute Gasteiger partial charge is 0.153 e. The lowest BCUT2D eigenvalue weighted by Crippen LogP contribution is -2.49. The van der Waals surface area contributed by atoms with E-state index in [2.05, 4.69) is 4.90 Å². The predicted molar refractivity (Wildman–Crippen MR) is 84.7 cm³/mol. The van der Waals surface area contributed by atoms with Gasteiger partial charge in [-0.3, -0.25) is 0 Å². The zero-order valence-electron chi connectivity index (χ0n) is 10.8. The van der Waals surface area contributed by atoms with Gasteiger partial charge in [0.25, 0.3) is 0 Å². The van der Waals surface area contributed by atoms with E-state index < -0.39 is 15.4 Å². The number of fused-ring (bicyclic) bond motifs is 1. The van der Waals surface area contributed by atoms with E-state index in [0.29, 0.717) is 0 Å². The summed E-state index contributed by atoms with van der Waals surface area (Å²) in [5.41, 5.74) is 1.74. The molecule has 0 N–H and O–H groups in total. The molecule has 1 aromatic rings. The van der Waals surface area contributed by atoms with Crippen molar-refractivity contribution in [1.82, 2.24) is 0 Å². The summed E-state index contributed by atoms with van der Waals surface area (Å²) in [6, 6.07) is 8.00. The van der Waals surface area contributed by atoms with Crippen LogP contribution in [0.5, 0.6) is 0 Å². The fourth-order valence-corrected chi connectivity index (χ4v) is 7.86. The maximum Gasteiger partial charge on any atom is 0.153 e. The highest BCUT2D eigenvalue weighted by molar-refractivity contribution is 8.24. The monoisotopic (exact) mass is 313 g/mol. The molecule has 0 saturated carbocycles. The van der Waals surface area contributed by atoms with Gasteiger partial charge in [-0.05, 0) is 25.5 Å². The Labute approximate surface area is 123 Å². The summed E-state index contributed by atoms with van der Waals surface area (Å²) >= 11 is 7.00. The number of nitrogens with zero attached hydrogens (tertiary/aromatic N) is 1. The van der Waals surface area contributed by atoms with E-state index in [4.69, 9.17) is 12.2 Å². The van der Waals surface area contributed by atoms with Gasteiger partial charge in [0.1, 0.15) is 4.32 Å². The molecule has 2 heterocycles. The van der Waals surface area contributed by atoms with Crippen molar-refractivity contribution in [2.45, 2.75) is 24.6 Å². The molecule has 2 unspecified atom stereocenters. The summed E-state index contributed by atoms with van der Waals surface area (Å²) in [6.07, 6.45) is 0. The minimum atomic E-state index is -2.96. The molecule has 6 heteroatoms. The predicted octanol–water partition coefficient (Wildman–Crippen LogP) is 2.39. The summed E-state index contributed by atoms with van der Waals surface area (Å²) in [5.74, 6) is 0.419. The fourth-order valence-electron chi connectivity index (χ4n) is 2.95. The van der Waals surface area contributed by atoms with Crippen molar-refractivity contribution in [2.24, 2.45) is 0 Å². The van der Waals surface area contributed by atoms with Crippen molar-refractivity contribution >= 4 is 43.8 Å². The molecule has 0 aliphatic carbocycles. The van der Waals surface area contributed by atoms with Crippen LogP contribution in [0, 0.1) is 6.92 Å². The van der Waals surface area contributed by atoms with Gasteiger partial charge < -0.3 is 4.90 Å². The van der Waals surface area contributed by atoms with Crippen LogP contribution in [0.1, 0.15) is 12.5 Å². The third kappa shape index (κ3) is 2.00. The van der Waals surface area contributed by atoms with E-state index in [1.54, 1.807) is 0 Å². The van der Waals surface area contributed by atoms with Crippen molar-refractivity contribution in [3.05, 3.63) is 29.8 Å². The van der Waals surface area contributed by atoms with Crippen molar-refractivity contribution in [1.29, 1.82) is 0 Å². The Hall–Kier alpha value is -0.590. The molecule has 0 spiro atoms. The van der Waals surface area contributed by atoms with Crippen molar-refractivity contribution in [2.75, 3.05) is 16.4 Å². The first-order valence-electron chi connectivity index (χ1n) is 6.10. The van der Waals surface area contributed by atoms with Crippen LogP contribution in [0.2, 0.25) is 0 Å². The van der Waals surface area contributed by atoms with Crippen LogP contribution in [-0.2, 0) is 9.84 Å². The van der Waals surface area contributed by atoms with E-state index in [1.807, 2.05) is 38.1 Å². The van der Waals surface area contributed by atoms with E-state index in [0.717, 1.165) is 15.6 Å². The lowest BCUT2D eigenvalue weighted by Gasteiger charge is -2.35. The second-order valence-electron chi connectivity index (χ2n) is 5.41. The Kier molecular flexibility index (Phi) is 2.96. The third-order valence-corrected chi connectivity index (χ3v) is 7.79. The minimum Gasteiger partial charge on any atom is -0.319 e. The Balaban J connectivity index is 2.11. The normalized spacial score (nSPS) is 32.6.